The van der Waals surface area contributed by atoms with Gasteiger partial charge < -0.3 is 16.4 Å². The van der Waals surface area contributed by atoms with Crippen molar-refractivity contribution in [1.82, 2.24) is 5.32 Å². The lowest BCUT2D eigenvalue weighted by atomic mass is 10.2. The maximum atomic E-state index is 11.0. The first-order valence-electron chi connectivity index (χ1n) is 4.12. The molecule has 0 heterocycles. The minimum absolute atomic E-state index is 0.267. The number of amides is 2. The number of carbonyl (C=O) groups excluding carboxylic acids is 1. The molecule has 0 aliphatic heterocycles. The van der Waals surface area contributed by atoms with Crippen LogP contribution in [0.3, 0.4) is 0 Å². The summed E-state index contributed by atoms with van der Waals surface area (Å²) >= 11 is 10.7. The molecule has 1 aromatic rings. The molecule has 2 amide bonds. The van der Waals surface area contributed by atoms with Crippen LogP contribution in [0.25, 0.3) is 0 Å². The van der Waals surface area contributed by atoms with Gasteiger partial charge in [0.25, 0.3) is 0 Å². The highest BCUT2D eigenvalue weighted by Gasteiger charge is 2.05. The average Bonchev–Trinajstić information content (AvgIpc) is 2.20. The number of anilines is 1. The number of halogens is 1. The standard InChI is InChI=1S/C9H10ClN3OS/c1-12-9(14)13-7-3-2-5(8(11)15)4-6(7)10/h2-4H,1H3,(H2,11,15)(H2,12,13,14). The molecule has 0 saturated carbocycles. The lowest BCUT2D eigenvalue weighted by Gasteiger charge is -2.07. The highest BCUT2D eigenvalue weighted by molar-refractivity contribution is 7.80. The Kier molecular flexibility index (Phi) is 3.88. The summed E-state index contributed by atoms with van der Waals surface area (Å²) in [7, 11) is 1.52. The first kappa shape index (κ1) is 11.7. The number of hydrogen-bond acceptors (Lipinski definition) is 2. The number of urea groups is 1. The summed E-state index contributed by atoms with van der Waals surface area (Å²) < 4.78 is 0. The van der Waals surface area contributed by atoms with Gasteiger partial charge in [0.1, 0.15) is 4.99 Å². The fourth-order valence-corrected chi connectivity index (χ4v) is 1.31. The number of thiocarbonyl (C=S) groups is 1. The molecule has 0 spiro atoms. The van der Waals surface area contributed by atoms with Gasteiger partial charge in [0.2, 0.25) is 0 Å². The van der Waals surface area contributed by atoms with E-state index in [9.17, 15) is 4.79 Å². The van der Waals surface area contributed by atoms with E-state index in [0.717, 1.165) is 0 Å². The lowest BCUT2D eigenvalue weighted by Crippen LogP contribution is -2.24. The van der Waals surface area contributed by atoms with Crippen LogP contribution in [0.5, 0.6) is 0 Å². The van der Waals surface area contributed by atoms with E-state index in [-0.39, 0.29) is 11.0 Å². The molecular weight excluding hydrogens is 234 g/mol. The number of nitrogens with one attached hydrogen (secondary N) is 2. The molecule has 0 saturated heterocycles. The van der Waals surface area contributed by atoms with Crippen LogP contribution in [0, 0.1) is 0 Å². The Morgan fingerprint density at radius 3 is 2.67 bits per heavy atom. The number of benzene rings is 1. The molecule has 0 fully saturated rings. The predicted molar refractivity (Wildman–Crippen MR) is 65.4 cm³/mol. The molecule has 0 bridgehead atoms. The third-order valence-corrected chi connectivity index (χ3v) is 2.28. The monoisotopic (exact) mass is 243 g/mol. The topological polar surface area (TPSA) is 67.2 Å². The molecule has 80 valence electrons. The van der Waals surface area contributed by atoms with Gasteiger partial charge in [-0.2, -0.15) is 0 Å². The van der Waals surface area contributed by atoms with Crippen LogP contribution < -0.4 is 16.4 Å². The second kappa shape index (κ2) is 4.95. The van der Waals surface area contributed by atoms with Crippen LogP contribution in [0.4, 0.5) is 10.5 Å². The van der Waals surface area contributed by atoms with Crippen LogP contribution in [0.1, 0.15) is 5.56 Å². The highest BCUT2D eigenvalue weighted by atomic mass is 35.5. The third-order valence-electron chi connectivity index (χ3n) is 1.73. The van der Waals surface area contributed by atoms with Gasteiger partial charge in [-0.05, 0) is 18.2 Å². The minimum Gasteiger partial charge on any atom is -0.389 e. The molecule has 0 aliphatic carbocycles. The van der Waals surface area contributed by atoms with Gasteiger partial charge in [0.15, 0.2) is 0 Å². The Morgan fingerprint density at radius 2 is 2.20 bits per heavy atom. The molecule has 0 radical (unpaired) electrons. The average molecular weight is 244 g/mol. The van der Waals surface area contributed by atoms with E-state index in [1.165, 1.54) is 7.05 Å². The molecule has 0 unspecified atom stereocenters. The van der Waals surface area contributed by atoms with Gasteiger partial charge in [-0.1, -0.05) is 23.8 Å². The van der Waals surface area contributed by atoms with Crippen molar-refractivity contribution in [1.29, 1.82) is 0 Å². The van der Waals surface area contributed by atoms with Crippen LogP contribution in [0.15, 0.2) is 18.2 Å². The molecule has 15 heavy (non-hydrogen) atoms. The summed E-state index contributed by atoms with van der Waals surface area (Å²) in [5.74, 6) is 0. The predicted octanol–water partition coefficient (Wildman–Crippen LogP) is 1.73. The van der Waals surface area contributed by atoms with Crippen molar-refractivity contribution in [3.63, 3.8) is 0 Å². The number of nitrogens with two attached hydrogens (primary N) is 1. The van der Waals surface area contributed by atoms with E-state index in [0.29, 0.717) is 16.3 Å². The zero-order chi connectivity index (χ0) is 11.4. The first-order chi connectivity index (χ1) is 7.04. The van der Waals surface area contributed by atoms with E-state index in [1.54, 1.807) is 18.2 Å². The van der Waals surface area contributed by atoms with Crippen molar-refractivity contribution in [2.45, 2.75) is 0 Å². The fourth-order valence-electron chi connectivity index (χ4n) is 0.955. The van der Waals surface area contributed by atoms with Crippen LogP contribution in [-0.2, 0) is 0 Å². The van der Waals surface area contributed by atoms with Crippen molar-refractivity contribution >= 4 is 40.5 Å². The molecule has 0 atom stereocenters. The minimum atomic E-state index is -0.333. The van der Waals surface area contributed by atoms with Crippen molar-refractivity contribution in [2.75, 3.05) is 12.4 Å². The van der Waals surface area contributed by atoms with E-state index < -0.39 is 0 Å². The molecule has 0 aromatic heterocycles. The quantitative estimate of drug-likeness (QED) is 0.693. The molecule has 0 aliphatic rings. The number of carbonyl (C=O) groups is 1. The molecule has 4 nitrogen and oxygen atoms in total. The van der Waals surface area contributed by atoms with Crippen LogP contribution >= 0.6 is 23.8 Å². The van der Waals surface area contributed by atoms with E-state index in [1.807, 2.05) is 0 Å². The van der Waals surface area contributed by atoms with Crippen molar-refractivity contribution < 1.29 is 4.79 Å². The SMILES string of the molecule is CNC(=O)Nc1ccc(C(N)=S)cc1Cl. The first-order valence-corrected chi connectivity index (χ1v) is 4.91. The third kappa shape index (κ3) is 3.07. The largest absolute Gasteiger partial charge is 0.389 e. The summed E-state index contributed by atoms with van der Waals surface area (Å²) in [4.78, 5) is 11.3. The Labute approximate surface area is 97.8 Å². The van der Waals surface area contributed by atoms with Gasteiger partial charge in [-0.15, -0.1) is 0 Å². The maximum absolute atomic E-state index is 11.0. The Morgan fingerprint density at radius 1 is 1.53 bits per heavy atom. The zero-order valence-corrected chi connectivity index (χ0v) is 9.58. The molecular formula is C9H10ClN3OS. The van der Waals surface area contributed by atoms with E-state index >= 15 is 0 Å². The Hall–Kier alpha value is -1.33. The van der Waals surface area contributed by atoms with Crippen LogP contribution in [-0.4, -0.2) is 18.1 Å². The number of hydrogen-bond donors (Lipinski definition) is 3. The molecule has 4 N–H and O–H groups in total. The summed E-state index contributed by atoms with van der Waals surface area (Å²) in [6.07, 6.45) is 0. The molecule has 1 rings (SSSR count). The van der Waals surface area contributed by atoms with Crippen molar-refractivity contribution in [3.8, 4) is 0 Å². The van der Waals surface area contributed by atoms with Gasteiger partial charge in [0.05, 0.1) is 10.7 Å². The van der Waals surface area contributed by atoms with Gasteiger partial charge in [0, 0.05) is 12.6 Å². The lowest BCUT2D eigenvalue weighted by molar-refractivity contribution is 0.254. The normalized spacial score (nSPS) is 9.47. The Bertz CT molecular complexity index is 408. The molecule has 6 heteroatoms. The second-order valence-electron chi connectivity index (χ2n) is 2.76. The van der Waals surface area contributed by atoms with Crippen molar-refractivity contribution in [3.05, 3.63) is 28.8 Å². The summed E-state index contributed by atoms with van der Waals surface area (Å²) in [6, 6.07) is 4.61. The van der Waals surface area contributed by atoms with Gasteiger partial charge in [-0.3, -0.25) is 0 Å². The summed E-state index contributed by atoms with van der Waals surface area (Å²) in [6.45, 7) is 0. The van der Waals surface area contributed by atoms with E-state index in [4.69, 9.17) is 29.6 Å². The smallest absolute Gasteiger partial charge is 0.319 e. The maximum Gasteiger partial charge on any atom is 0.319 e. The summed E-state index contributed by atoms with van der Waals surface area (Å²) in [5, 5.41) is 5.37. The van der Waals surface area contributed by atoms with Crippen molar-refractivity contribution in [2.24, 2.45) is 5.73 Å². The number of rotatable bonds is 2. The molecule has 1 aromatic carbocycles. The van der Waals surface area contributed by atoms with E-state index in [2.05, 4.69) is 10.6 Å². The van der Waals surface area contributed by atoms with Crippen LogP contribution in [0.2, 0.25) is 5.02 Å². The summed E-state index contributed by atoms with van der Waals surface area (Å²) in [5.41, 5.74) is 6.61. The fraction of sp³-hybridized carbons (Fsp3) is 0.111. The second-order valence-corrected chi connectivity index (χ2v) is 3.61. The van der Waals surface area contributed by atoms with Gasteiger partial charge in [-0.25, -0.2) is 4.79 Å². The zero-order valence-electron chi connectivity index (χ0n) is 8.00. The highest BCUT2D eigenvalue weighted by Crippen LogP contribution is 2.22. The van der Waals surface area contributed by atoms with Gasteiger partial charge >= 0.3 is 6.03 Å². The Balaban J connectivity index is 2.93.